The lowest BCUT2D eigenvalue weighted by Gasteiger charge is -2.15. The van der Waals surface area contributed by atoms with Gasteiger partial charge in [0.05, 0.1) is 17.2 Å². The first-order valence-electron chi connectivity index (χ1n) is 12.3. The maximum atomic E-state index is 13.5. The van der Waals surface area contributed by atoms with E-state index in [1.54, 1.807) is 6.07 Å². The van der Waals surface area contributed by atoms with E-state index in [0.29, 0.717) is 5.56 Å². The van der Waals surface area contributed by atoms with Crippen molar-refractivity contribution in [2.24, 2.45) is 5.73 Å². The van der Waals surface area contributed by atoms with Crippen LogP contribution in [0.1, 0.15) is 37.4 Å². The number of hydrogen-bond donors (Lipinski definition) is 2. The van der Waals surface area contributed by atoms with Crippen LogP contribution in [0.3, 0.4) is 0 Å². The average molecular weight is 527 g/mol. The lowest BCUT2D eigenvalue weighted by molar-refractivity contribution is -0.117. The van der Waals surface area contributed by atoms with Crippen LogP contribution >= 0.6 is 0 Å². The molecular formula is C31H27FN2O5. The number of ether oxygens (including phenoxy) is 2. The Morgan fingerprint density at radius 1 is 0.692 bits per heavy atom. The summed E-state index contributed by atoms with van der Waals surface area (Å²) < 4.78 is 24.3. The zero-order chi connectivity index (χ0) is 27.6. The van der Waals surface area contributed by atoms with E-state index in [0.717, 1.165) is 11.1 Å². The highest BCUT2D eigenvalue weighted by atomic mass is 19.1. The highest BCUT2D eigenvalue weighted by Gasteiger charge is 2.19. The fourth-order valence-corrected chi connectivity index (χ4v) is 3.79. The quantitative estimate of drug-likeness (QED) is 0.280. The molecule has 0 spiro atoms. The second-order valence-electron chi connectivity index (χ2n) is 8.85. The Labute approximate surface area is 225 Å². The van der Waals surface area contributed by atoms with E-state index in [1.807, 2.05) is 60.7 Å². The minimum Gasteiger partial charge on any atom is -0.457 e. The molecule has 4 rings (SSSR count). The molecule has 0 aliphatic rings. The molecule has 0 saturated carbocycles. The number of carbonyl (C=O) groups is 3. The number of rotatable bonds is 10. The molecule has 8 heteroatoms. The number of esters is 2. The van der Waals surface area contributed by atoms with E-state index >= 15 is 0 Å². The number of nitrogens with two attached hydrogens (primary N) is 1. The van der Waals surface area contributed by atoms with Crippen LogP contribution in [0.25, 0.3) is 0 Å². The second-order valence-corrected chi connectivity index (χ2v) is 8.85. The van der Waals surface area contributed by atoms with Crippen LogP contribution in [0.15, 0.2) is 103 Å². The smallest absolute Gasteiger partial charge is 0.338 e. The third kappa shape index (κ3) is 8.08. The number of halogens is 1. The Kier molecular flexibility index (Phi) is 9.16. The monoisotopic (exact) mass is 526 g/mol. The van der Waals surface area contributed by atoms with Crippen molar-refractivity contribution in [1.82, 2.24) is 0 Å². The number of anilines is 1. The van der Waals surface area contributed by atoms with Crippen molar-refractivity contribution in [1.29, 1.82) is 0 Å². The van der Waals surface area contributed by atoms with Gasteiger partial charge in [0.1, 0.15) is 19.0 Å². The summed E-state index contributed by atoms with van der Waals surface area (Å²) in [6.07, 6.45) is 0.0916. The van der Waals surface area contributed by atoms with Crippen LogP contribution in [0.4, 0.5) is 10.1 Å². The highest BCUT2D eigenvalue weighted by Crippen LogP contribution is 2.19. The SMILES string of the molecule is N[C@H](Cc1cccc(F)c1)C(=O)Nc1cc(C(=O)OCc2ccccc2)cc(C(=O)OCc2ccccc2)c1. The van der Waals surface area contributed by atoms with Crippen molar-refractivity contribution in [2.45, 2.75) is 25.7 Å². The van der Waals surface area contributed by atoms with Gasteiger partial charge in [-0.25, -0.2) is 14.0 Å². The Bertz CT molecular complexity index is 1370. The standard InChI is InChI=1S/C31H27FN2O5/c32-26-13-7-12-23(14-26)15-28(33)29(35)34-27-17-24(30(36)38-19-21-8-3-1-4-9-21)16-25(18-27)31(37)39-20-22-10-5-2-6-11-22/h1-14,16-18,28H,15,19-20,33H2,(H,34,35)/t28-/m1/s1. The summed E-state index contributed by atoms with van der Waals surface area (Å²) in [6, 6.07) is 27.2. The molecule has 1 atom stereocenters. The van der Waals surface area contributed by atoms with Crippen molar-refractivity contribution in [2.75, 3.05) is 5.32 Å². The first-order valence-corrected chi connectivity index (χ1v) is 12.3. The maximum absolute atomic E-state index is 13.5. The third-order valence-corrected chi connectivity index (χ3v) is 5.78. The van der Waals surface area contributed by atoms with Crippen LogP contribution in [0.2, 0.25) is 0 Å². The van der Waals surface area contributed by atoms with Gasteiger partial charge in [-0.05, 0) is 53.4 Å². The van der Waals surface area contributed by atoms with E-state index in [9.17, 15) is 18.8 Å². The van der Waals surface area contributed by atoms with Gasteiger partial charge in [-0.2, -0.15) is 0 Å². The van der Waals surface area contributed by atoms with Gasteiger partial charge in [0.15, 0.2) is 0 Å². The fraction of sp³-hybridized carbons (Fsp3) is 0.129. The molecule has 0 bridgehead atoms. The largest absolute Gasteiger partial charge is 0.457 e. The van der Waals surface area contributed by atoms with E-state index in [2.05, 4.69) is 5.32 Å². The van der Waals surface area contributed by atoms with Crippen molar-refractivity contribution < 1.29 is 28.2 Å². The molecule has 7 nitrogen and oxygen atoms in total. The Hall–Kier alpha value is -4.82. The topological polar surface area (TPSA) is 108 Å². The molecule has 0 unspecified atom stereocenters. The van der Waals surface area contributed by atoms with Crippen LogP contribution in [0.5, 0.6) is 0 Å². The summed E-state index contributed by atoms with van der Waals surface area (Å²) in [7, 11) is 0. The van der Waals surface area contributed by atoms with Crippen LogP contribution in [0, 0.1) is 5.82 Å². The molecule has 198 valence electrons. The van der Waals surface area contributed by atoms with Gasteiger partial charge in [0, 0.05) is 5.69 Å². The molecule has 0 aliphatic carbocycles. The summed E-state index contributed by atoms with van der Waals surface area (Å²) >= 11 is 0. The molecular weight excluding hydrogens is 499 g/mol. The van der Waals surface area contributed by atoms with E-state index in [1.165, 1.54) is 36.4 Å². The van der Waals surface area contributed by atoms with Gasteiger partial charge in [-0.1, -0.05) is 72.8 Å². The van der Waals surface area contributed by atoms with Gasteiger partial charge >= 0.3 is 11.9 Å². The summed E-state index contributed by atoms with van der Waals surface area (Å²) in [5.74, 6) is -2.37. The van der Waals surface area contributed by atoms with E-state index < -0.39 is 29.7 Å². The summed E-state index contributed by atoms with van der Waals surface area (Å²) in [6.45, 7) is 0.0606. The molecule has 1 amide bonds. The molecule has 0 aliphatic heterocycles. The first kappa shape index (κ1) is 27.2. The molecule has 0 radical (unpaired) electrons. The van der Waals surface area contributed by atoms with Crippen molar-refractivity contribution in [3.8, 4) is 0 Å². The average Bonchev–Trinajstić information content (AvgIpc) is 2.95. The molecule has 0 saturated heterocycles. The summed E-state index contributed by atoms with van der Waals surface area (Å²) in [5, 5.41) is 2.64. The maximum Gasteiger partial charge on any atom is 0.338 e. The highest BCUT2D eigenvalue weighted by molar-refractivity contribution is 6.00. The third-order valence-electron chi connectivity index (χ3n) is 5.78. The predicted octanol–water partition coefficient (Wildman–Crippen LogP) is 5.05. The van der Waals surface area contributed by atoms with Gasteiger partial charge in [-0.3, -0.25) is 4.79 Å². The Morgan fingerprint density at radius 3 is 1.72 bits per heavy atom. The van der Waals surface area contributed by atoms with E-state index in [4.69, 9.17) is 15.2 Å². The van der Waals surface area contributed by atoms with Crippen molar-refractivity contribution in [3.63, 3.8) is 0 Å². The zero-order valence-electron chi connectivity index (χ0n) is 21.0. The number of carbonyl (C=O) groups excluding carboxylic acids is 3. The predicted molar refractivity (Wildman–Crippen MR) is 144 cm³/mol. The molecule has 4 aromatic rings. The lowest BCUT2D eigenvalue weighted by atomic mass is 10.1. The minimum absolute atomic E-state index is 0.0303. The molecule has 0 aromatic heterocycles. The molecule has 3 N–H and O–H groups in total. The van der Waals surface area contributed by atoms with Crippen molar-refractivity contribution >= 4 is 23.5 Å². The minimum atomic E-state index is -1.01. The number of hydrogen-bond acceptors (Lipinski definition) is 6. The number of amides is 1. The number of nitrogens with one attached hydrogen (secondary N) is 1. The molecule has 0 fully saturated rings. The normalized spacial score (nSPS) is 11.3. The van der Waals surface area contributed by atoms with Crippen LogP contribution in [-0.4, -0.2) is 23.9 Å². The van der Waals surface area contributed by atoms with E-state index in [-0.39, 0.29) is 36.4 Å². The van der Waals surface area contributed by atoms with Crippen LogP contribution < -0.4 is 11.1 Å². The van der Waals surface area contributed by atoms with Gasteiger partial charge in [0.25, 0.3) is 0 Å². The van der Waals surface area contributed by atoms with Gasteiger partial charge < -0.3 is 20.5 Å². The first-order chi connectivity index (χ1) is 18.9. The second kappa shape index (κ2) is 13.1. The summed E-state index contributed by atoms with van der Waals surface area (Å²) in [5.41, 5.74) is 8.45. The number of benzene rings is 4. The lowest BCUT2D eigenvalue weighted by Crippen LogP contribution is -2.37. The summed E-state index contributed by atoms with van der Waals surface area (Å²) in [4.78, 5) is 38.6. The zero-order valence-corrected chi connectivity index (χ0v) is 21.0. The van der Waals surface area contributed by atoms with Gasteiger partial charge in [-0.15, -0.1) is 0 Å². The Balaban J connectivity index is 1.51. The molecule has 4 aromatic carbocycles. The molecule has 39 heavy (non-hydrogen) atoms. The van der Waals surface area contributed by atoms with Gasteiger partial charge in [0.2, 0.25) is 5.91 Å². The fourth-order valence-electron chi connectivity index (χ4n) is 3.79. The van der Waals surface area contributed by atoms with Crippen LogP contribution in [-0.2, 0) is 33.9 Å². The molecule has 0 heterocycles. The Morgan fingerprint density at radius 2 is 1.21 bits per heavy atom. The van der Waals surface area contributed by atoms with Crippen molar-refractivity contribution in [3.05, 3.63) is 137 Å².